The molecule has 2 saturated carbocycles. The topological polar surface area (TPSA) is 55.1 Å². The van der Waals surface area contributed by atoms with Gasteiger partial charge in [-0.3, -0.25) is 4.79 Å². The van der Waals surface area contributed by atoms with Crippen LogP contribution in [0.2, 0.25) is 0 Å². The molecule has 0 saturated heterocycles. The van der Waals surface area contributed by atoms with Gasteiger partial charge in [0.15, 0.2) is 0 Å². The van der Waals surface area contributed by atoms with Crippen LogP contribution in [0.25, 0.3) is 0 Å². The van der Waals surface area contributed by atoms with Crippen LogP contribution in [0, 0.1) is 0 Å². The molecule has 3 rings (SSSR count). The molecule has 3 nitrogen and oxygen atoms in total. The molecular formula is C15H20N2O. The fraction of sp³-hybridized carbons (Fsp3) is 0.533. The van der Waals surface area contributed by atoms with Gasteiger partial charge in [-0.05, 0) is 50.7 Å². The number of hydrogen-bond donors (Lipinski definition) is 2. The van der Waals surface area contributed by atoms with E-state index in [1.54, 1.807) is 0 Å². The van der Waals surface area contributed by atoms with Crippen LogP contribution in [-0.2, 0) is 0 Å². The largest absolute Gasteiger partial charge is 0.347 e. The van der Waals surface area contributed by atoms with Crippen molar-refractivity contribution in [2.45, 2.75) is 49.6 Å². The molecule has 0 heterocycles. The van der Waals surface area contributed by atoms with Crippen LogP contribution in [-0.4, -0.2) is 17.0 Å². The van der Waals surface area contributed by atoms with Crippen LogP contribution < -0.4 is 11.1 Å². The van der Waals surface area contributed by atoms with E-state index in [-0.39, 0.29) is 17.0 Å². The minimum atomic E-state index is -0.0417. The summed E-state index contributed by atoms with van der Waals surface area (Å²) in [7, 11) is 0. The van der Waals surface area contributed by atoms with Crippen LogP contribution in [0.4, 0.5) is 0 Å². The number of nitrogens with one attached hydrogen (secondary N) is 1. The number of rotatable bonds is 2. The summed E-state index contributed by atoms with van der Waals surface area (Å²) in [6, 6.07) is 9.44. The average molecular weight is 244 g/mol. The standard InChI is InChI=1S/C15H20N2O/c16-14-7-4-8-15(11-14,10-9-14)17-13(18)12-5-2-1-3-6-12/h1-3,5-6H,4,7-11,16H2,(H,17,18)/t14-,15+/m0/s1. The van der Waals surface area contributed by atoms with Gasteiger partial charge in [0.25, 0.3) is 5.91 Å². The Kier molecular flexibility index (Phi) is 2.67. The van der Waals surface area contributed by atoms with E-state index >= 15 is 0 Å². The highest BCUT2D eigenvalue weighted by molar-refractivity contribution is 5.94. The van der Waals surface area contributed by atoms with E-state index in [9.17, 15) is 4.79 Å². The lowest BCUT2D eigenvalue weighted by molar-refractivity contribution is 0.0876. The quantitative estimate of drug-likeness (QED) is 0.838. The van der Waals surface area contributed by atoms with Crippen molar-refractivity contribution in [3.8, 4) is 0 Å². The third-order valence-corrected chi connectivity index (χ3v) is 4.54. The Morgan fingerprint density at radius 2 is 1.89 bits per heavy atom. The predicted octanol–water partition coefficient (Wildman–Crippen LogP) is 2.22. The van der Waals surface area contributed by atoms with E-state index in [0.29, 0.717) is 0 Å². The van der Waals surface area contributed by atoms with E-state index in [0.717, 1.165) is 44.1 Å². The van der Waals surface area contributed by atoms with E-state index in [2.05, 4.69) is 5.32 Å². The Labute approximate surface area is 108 Å². The fourth-order valence-electron chi connectivity index (χ4n) is 3.62. The van der Waals surface area contributed by atoms with Gasteiger partial charge in [0.2, 0.25) is 0 Å². The zero-order chi connectivity index (χ0) is 12.6. The molecule has 2 aliphatic carbocycles. The van der Waals surface area contributed by atoms with Crippen LogP contribution >= 0.6 is 0 Å². The smallest absolute Gasteiger partial charge is 0.251 e. The first-order valence-electron chi connectivity index (χ1n) is 6.77. The maximum absolute atomic E-state index is 12.2. The second kappa shape index (κ2) is 4.09. The van der Waals surface area contributed by atoms with Crippen molar-refractivity contribution in [3.63, 3.8) is 0 Å². The maximum atomic E-state index is 12.2. The van der Waals surface area contributed by atoms with Crippen LogP contribution in [0.3, 0.4) is 0 Å². The molecular weight excluding hydrogens is 224 g/mol. The Hall–Kier alpha value is -1.35. The Balaban J connectivity index is 1.75. The molecule has 0 spiro atoms. The molecule has 2 fully saturated rings. The number of fused-ring (bicyclic) bond motifs is 2. The minimum Gasteiger partial charge on any atom is -0.347 e. The third-order valence-electron chi connectivity index (χ3n) is 4.54. The fourth-order valence-corrected chi connectivity index (χ4v) is 3.62. The first-order chi connectivity index (χ1) is 8.61. The first kappa shape index (κ1) is 11.7. The van der Waals surface area contributed by atoms with Crippen molar-refractivity contribution in [3.05, 3.63) is 35.9 Å². The molecule has 2 atom stereocenters. The number of carbonyl (C=O) groups excluding carboxylic acids is 1. The molecule has 0 radical (unpaired) electrons. The molecule has 1 amide bonds. The van der Waals surface area contributed by atoms with Crippen LogP contribution in [0.15, 0.2) is 30.3 Å². The number of nitrogens with two attached hydrogens (primary N) is 1. The van der Waals surface area contributed by atoms with Gasteiger partial charge in [-0.25, -0.2) is 0 Å². The first-order valence-corrected chi connectivity index (χ1v) is 6.77. The lowest BCUT2D eigenvalue weighted by Gasteiger charge is -2.38. The van der Waals surface area contributed by atoms with Crippen molar-refractivity contribution in [1.82, 2.24) is 5.32 Å². The summed E-state index contributed by atoms with van der Waals surface area (Å²) in [5.74, 6) is 0.0433. The van der Waals surface area contributed by atoms with Crippen LogP contribution in [0.1, 0.15) is 48.9 Å². The summed E-state index contributed by atoms with van der Waals surface area (Å²) in [4.78, 5) is 12.2. The lowest BCUT2D eigenvalue weighted by Crippen LogP contribution is -2.52. The number of carbonyl (C=O) groups is 1. The van der Waals surface area contributed by atoms with E-state index in [1.165, 1.54) is 0 Å². The summed E-state index contributed by atoms with van der Waals surface area (Å²) in [6.45, 7) is 0. The van der Waals surface area contributed by atoms with Gasteiger partial charge in [0.1, 0.15) is 0 Å². The number of benzene rings is 1. The van der Waals surface area contributed by atoms with Crippen LogP contribution in [0.5, 0.6) is 0 Å². The lowest BCUT2D eigenvalue weighted by atomic mass is 9.79. The Morgan fingerprint density at radius 3 is 2.67 bits per heavy atom. The van der Waals surface area contributed by atoms with Crippen molar-refractivity contribution in [2.75, 3.05) is 0 Å². The Morgan fingerprint density at radius 1 is 1.11 bits per heavy atom. The van der Waals surface area contributed by atoms with Gasteiger partial charge in [0.05, 0.1) is 0 Å². The molecule has 0 aliphatic heterocycles. The SMILES string of the molecule is N[C@@]12CCC[C@@](NC(=O)c3ccccc3)(CC1)C2. The van der Waals surface area contributed by atoms with Crippen molar-refractivity contribution in [1.29, 1.82) is 0 Å². The third kappa shape index (κ3) is 2.03. The van der Waals surface area contributed by atoms with Crippen molar-refractivity contribution in [2.24, 2.45) is 5.73 Å². The number of hydrogen-bond acceptors (Lipinski definition) is 2. The highest BCUT2D eigenvalue weighted by Crippen LogP contribution is 2.46. The highest BCUT2D eigenvalue weighted by Gasteiger charge is 2.49. The molecule has 1 aromatic carbocycles. The molecule has 3 N–H and O–H groups in total. The summed E-state index contributed by atoms with van der Waals surface area (Å²) in [5, 5.41) is 3.25. The molecule has 3 heteroatoms. The molecule has 2 bridgehead atoms. The molecule has 0 aromatic heterocycles. The van der Waals surface area contributed by atoms with E-state index < -0.39 is 0 Å². The van der Waals surface area contributed by atoms with E-state index in [4.69, 9.17) is 5.73 Å². The second-order valence-corrected chi connectivity index (χ2v) is 5.99. The van der Waals surface area contributed by atoms with Gasteiger partial charge in [0, 0.05) is 16.6 Å². The summed E-state index contributed by atoms with van der Waals surface area (Å²) in [6.07, 6.45) is 6.33. The molecule has 2 aliphatic rings. The van der Waals surface area contributed by atoms with Crippen molar-refractivity contribution < 1.29 is 4.79 Å². The summed E-state index contributed by atoms with van der Waals surface area (Å²) in [5.41, 5.74) is 7.02. The summed E-state index contributed by atoms with van der Waals surface area (Å²) >= 11 is 0. The second-order valence-electron chi connectivity index (χ2n) is 5.99. The monoisotopic (exact) mass is 244 g/mol. The molecule has 18 heavy (non-hydrogen) atoms. The van der Waals surface area contributed by atoms with E-state index in [1.807, 2.05) is 30.3 Å². The average Bonchev–Trinajstić information content (AvgIpc) is 2.60. The van der Waals surface area contributed by atoms with Gasteiger partial charge >= 0.3 is 0 Å². The summed E-state index contributed by atoms with van der Waals surface area (Å²) < 4.78 is 0. The zero-order valence-electron chi connectivity index (χ0n) is 10.6. The molecule has 1 aromatic rings. The number of amides is 1. The Bertz CT molecular complexity index is 459. The minimum absolute atomic E-state index is 0.0256. The van der Waals surface area contributed by atoms with Gasteiger partial charge in [-0.1, -0.05) is 18.2 Å². The molecule has 96 valence electrons. The van der Waals surface area contributed by atoms with Crippen molar-refractivity contribution >= 4 is 5.91 Å². The molecule has 0 unspecified atom stereocenters. The van der Waals surface area contributed by atoms with Gasteiger partial charge < -0.3 is 11.1 Å². The highest BCUT2D eigenvalue weighted by atomic mass is 16.1. The van der Waals surface area contributed by atoms with Gasteiger partial charge in [-0.15, -0.1) is 0 Å². The normalized spacial score (nSPS) is 34.3. The maximum Gasteiger partial charge on any atom is 0.251 e. The van der Waals surface area contributed by atoms with Gasteiger partial charge in [-0.2, -0.15) is 0 Å². The predicted molar refractivity (Wildman–Crippen MR) is 71.3 cm³/mol. The zero-order valence-corrected chi connectivity index (χ0v) is 10.6.